The number of nitrogens with zero attached hydrogens (tertiary/aromatic N) is 3. The zero-order chi connectivity index (χ0) is 18.2. The van der Waals surface area contributed by atoms with E-state index in [1.54, 1.807) is 11.3 Å². The Labute approximate surface area is 162 Å². The molecular weight excluding hydrogens is 342 g/mol. The average Bonchev–Trinajstić information content (AvgIpc) is 3.08. The first-order valence-corrected chi connectivity index (χ1v) is 11.3. The predicted octanol–water partition coefficient (Wildman–Crippen LogP) is 3.35. The minimum atomic E-state index is 0.551. The lowest BCUT2D eigenvalue weighted by atomic mass is 9.92. The Morgan fingerprint density at radius 2 is 2.00 bits per heavy atom. The van der Waals surface area contributed by atoms with E-state index in [4.69, 9.17) is 4.99 Å². The summed E-state index contributed by atoms with van der Waals surface area (Å²) in [4.78, 5) is 13.2. The summed E-state index contributed by atoms with van der Waals surface area (Å²) in [5.41, 5.74) is 0. The summed E-state index contributed by atoms with van der Waals surface area (Å²) in [6.45, 7) is 8.41. The molecule has 5 nitrogen and oxygen atoms in total. The predicted molar refractivity (Wildman–Crippen MR) is 111 cm³/mol. The molecule has 2 heterocycles. The Morgan fingerprint density at radius 3 is 2.65 bits per heavy atom. The van der Waals surface area contributed by atoms with Gasteiger partial charge in [-0.3, -0.25) is 4.99 Å². The number of nitrogens with one attached hydrogen (secondary N) is 2. The van der Waals surface area contributed by atoms with Gasteiger partial charge in [0.25, 0.3) is 0 Å². The van der Waals surface area contributed by atoms with Crippen LogP contribution in [-0.4, -0.2) is 54.1 Å². The van der Waals surface area contributed by atoms with E-state index in [1.807, 2.05) is 6.20 Å². The van der Waals surface area contributed by atoms with Crippen LogP contribution in [0.3, 0.4) is 0 Å². The zero-order valence-electron chi connectivity index (χ0n) is 16.5. The monoisotopic (exact) mass is 377 g/mol. The van der Waals surface area contributed by atoms with Gasteiger partial charge in [-0.25, -0.2) is 4.98 Å². The van der Waals surface area contributed by atoms with Gasteiger partial charge >= 0.3 is 0 Å². The third-order valence-electron chi connectivity index (χ3n) is 5.57. The van der Waals surface area contributed by atoms with E-state index in [-0.39, 0.29) is 0 Å². The molecule has 0 bridgehead atoms. The summed E-state index contributed by atoms with van der Waals surface area (Å²) >= 11 is 1.78. The molecule has 146 valence electrons. The molecule has 0 radical (unpaired) electrons. The van der Waals surface area contributed by atoms with Gasteiger partial charge in [0.05, 0.1) is 5.01 Å². The van der Waals surface area contributed by atoms with Crippen LogP contribution < -0.4 is 10.6 Å². The molecule has 0 atom stereocenters. The fourth-order valence-electron chi connectivity index (χ4n) is 4.15. The maximum absolute atomic E-state index is 4.77. The number of aromatic nitrogens is 1. The molecule has 1 saturated carbocycles. The van der Waals surface area contributed by atoms with Gasteiger partial charge in [0.15, 0.2) is 5.96 Å². The lowest BCUT2D eigenvalue weighted by Crippen LogP contribution is -2.51. The van der Waals surface area contributed by atoms with Crippen LogP contribution in [0, 0.1) is 6.92 Å². The Morgan fingerprint density at radius 1 is 1.23 bits per heavy atom. The molecule has 0 spiro atoms. The molecule has 6 heteroatoms. The minimum absolute atomic E-state index is 0.551. The van der Waals surface area contributed by atoms with Crippen LogP contribution in [0.2, 0.25) is 0 Å². The molecule has 2 aliphatic rings. The van der Waals surface area contributed by atoms with E-state index in [0.29, 0.717) is 6.04 Å². The van der Waals surface area contributed by atoms with Crippen LogP contribution in [-0.2, 0) is 6.42 Å². The van der Waals surface area contributed by atoms with E-state index < -0.39 is 0 Å². The molecule has 26 heavy (non-hydrogen) atoms. The van der Waals surface area contributed by atoms with Gasteiger partial charge in [0, 0.05) is 55.8 Å². The molecule has 0 amide bonds. The van der Waals surface area contributed by atoms with Crippen LogP contribution in [0.5, 0.6) is 0 Å². The van der Waals surface area contributed by atoms with Crippen molar-refractivity contribution < 1.29 is 0 Å². The highest BCUT2D eigenvalue weighted by atomic mass is 32.1. The van der Waals surface area contributed by atoms with Gasteiger partial charge in [-0.05, 0) is 39.5 Å². The lowest BCUT2D eigenvalue weighted by Gasteiger charge is -2.39. The van der Waals surface area contributed by atoms with E-state index in [1.165, 1.54) is 67.9 Å². The average molecular weight is 378 g/mol. The molecule has 0 aromatic carbocycles. The number of hydrogen-bond acceptors (Lipinski definition) is 4. The Kier molecular flexibility index (Phi) is 7.74. The van der Waals surface area contributed by atoms with Gasteiger partial charge < -0.3 is 15.5 Å². The fraction of sp³-hybridized carbons (Fsp3) is 0.800. The Balaban J connectivity index is 1.43. The van der Waals surface area contributed by atoms with Crippen molar-refractivity contribution in [3.63, 3.8) is 0 Å². The summed E-state index contributed by atoms with van der Waals surface area (Å²) in [6, 6.07) is 1.41. The van der Waals surface area contributed by atoms with Gasteiger partial charge in [0.2, 0.25) is 0 Å². The van der Waals surface area contributed by atoms with E-state index >= 15 is 0 Å². The molecule has 1 aromatic heterocycles. The third-order valence-corrected chi connectivity index (χ3v) is 6.54. The summed E-state index contributed by atoms with van der Waals surface area (Å²) in [5, 5.41) is 8.25. The van der Waals surface area contributed by atoms with Gasteiger partial charge in [-0.15, -0.1) is 11.3 Å². The number of hydrogen-bond donors (Lipinski definition) is 2. The second-order valence-corrected chi connectivity index (χ2v) is 8.94. The van der Waals surface area contributed by atoms with Crippen molar-refractivity contribution in [2.75, 3.05) is 26.2 Å². The maximum Gasteiger partial charge on any atom is 0.191 e. The number of piperidine rings is 1. The SMILES string of the molecule is CCNC(=NCCc1ncc(C)s1)NC1CCN(C2CCCCC2)CC1. The zero-order valence-corrected chi connectivity index (χ0v) is 17.3. The second-order valence-electron chi connectivity index (χ2n) is 7.62. The van der Waals surface area contributed by atoms with E-state index in [2.05, 4.69) is 34.4 Å². The highest BCUT2D eigenvalue weighted by Gasteiger charge is 2.26. The summed E-state index contributed by atoms with van der Waals surface area (Å²) in [6.07, 6.45) is 12.5. The van der Waals surface area contributed by atoms with Crippen molar-refractivity contribution in [1.29, 1.82) is 0 Å². The van der Waals surface area contributed by atoms with Gasteiger partial charge in [-0.2, -0.15) is 0 Å². The number of likely N-dealkylation sites (tertiary alicyclic amines) is 1. The molecular formula is C20H35N5S. The van der Waals surface area contributed by atoms with Crippen molar-refractivity contribution in [2.45, 2.75) is 77.3 Å². The molecule has 0 unspecified atom stereocenters. The number of aliphatic imine (C=N–C) groups is 1. The lowest BCUT2D eigenvalue weighted by molar-refractivity contribution is 0.119. The van der Waals surface area contributed by atoms with Crippen molar-refractivity contribution >= 4 is 17.3 Å². The first-order valence-electron chi connectivity index (χ1n) is 10.4. The molecule has 1 aliphatic heterocycles. The van der Waals surface area contributed by atoms with E-state index in [9.17, 15) is 0 Å². The second kappa shape index (κ2) is 10.3. The van der Waals surface area contributed by atoms with Crippen molar-refractivity contribution in [3.8, 4) is 0 Å². The Hall–Kier alpha value is -1.14. The number of aryl methyl sites for hydroxylation is 1. The highest BCUT2D eigenvalue weighted by molar-refractivity contribution is 7.11. The molecule has 1 aromatic rings. The van der Waals surface area contributed by atoms with Crippen molar-refractivity contribution in [1.82, 2.24) is 20.5 Å². The van der Waals surface area contributed by atoms with Crippen LogP contribution in [0.15, 0.2) is 11.2 Å². The van der Waals surface area contributed by atoms with Gasteiger partial charge in [0.1, 0.15) is 0 Å². The minimum Gasteiger partial charge on any atom is -0.357 e. The van der Waals surface area contributed by atoms with E-state index in [0.717, 1.165) is 31.5 Å². The molecule has 1 saturated heterocycles. The van der Waals surface area contributed by atoms with Crippen LogP contribution in [0.25, 0.3) is 0 Å². The molecule has 2 fully saturated rings. The first-order chi connectivity index (χ1) is 12.7. The topological polar surface area (TPSA) is 52.6 Å². The van der Waals surface area contributed by atoms with Crippen LogP contribution >= 0.6 is 11.3 Å². The quantitative estimate of drug-likeness (QED) is 0.590. The standard InChI is InChI=1S/C20H35N5S/c1-3-21-20(22-12-9-19-23-15-16(2)26-19)24-17-10-13-25(14-11-17)18-7-5-4-6-8-18/h15,17-18H,3-14H2,1-2H3,(H2,21,22,24). The number of rotatable bonds is 6. The molecule has 1 aliphatic carbocycles. The van der Waals surface area contributed by atoms with Crippen LogP contribution in [0.1, 0.15) is 61.8 Å². The first kappa shape index (κ1) is 19.6. The highest BCUT2D eigenvalue weighted by Crippen LogP contribution is 2.25. The summed E-state index contributed by atoms with van der Waals surface area (Å²) in [5.74, 6) is 0.969. The number of guanidine groups is 1. The van der Waals surface area contributed by atoms with Gasteiger partial charge in [-0.1, -0.05) is 19.3 Å². The smallest absolute Gasteiger partial charge is 0.191 e. The number of thiazole rings is 1. The van der Waals surface area contributed by atoms with Crippen molar-refractivity contribution in [2.24, 2.45) is 4.99 Å². The molecule has 3 rings (SSSR count). The molecule has 2 N–H and O–H groups in total. The Bertz CT molecular complexity index is 556. The maximum atomic E-state index is 4.77. The summed E-state index contributed by atoms with van der Waals surface area (Å²) < 4.78 is 0. The normalized spacial score (nSPS) is 21.1. The largest absolute Gasteiger partial charge is 0.357 e. The summed E-state index contributed by atoms with van der Waals surface area (Å²) in [7, 11) is 0. The van der Waals surface area contributed by atoms with Crippen molar-refractivity contribution in [3.05, 3.63) is 16.1 Å². The fourth-order valence-corrected chi connectivity index (χ4v) is 4.92. The van der Waals surface area contributed by atoms with Crippen LogP contribution in [0.4, 0.5) is 0 Å². The third kappa shape index (κ3) is 5.95.